The van der Waals surface area contributed by atoms with Gasteiger partial charge in [0.25, 0.3) is 20.2 Å². The number of ether oxygens (including phenoxy) is 4. The first-order chi connectivity index (χ1) is 43.3. The summed E-state index contributed by atoms with van der Waals surface area (Å²) in [5.74, 6) is -57.4. The van der Waals surface area contributed by atoms with Crippen molar-refractivity contribution < 1.29 is 141 Å². The summed E-state index contributed by atoms with van der Waals surface area (Å²) in [5, 5.41) is -0.702. The van der Waals surface area contributed by atoms with E-state index in [1.165, 1.54) is 36.4 Å². The molecule has 0 saturated heterocycles. The van der Waals surface area contributed by atoms with E-state index in [2.05, 4.69) is 4.74 Å². The highest BCUT2D eigenvalue weighted by Crippen LogP contribution is 2.57. The van der Waals surface area contributed by atoms with Crippen molar-refractivity contribution in [2.45, 2.75) is 27.6 Å². The van der Waals surface area contributed by atoms with Crippen LogP contribution in [0.5, 0.6) is 46.0 Å². The maximum atomic E-state index is 15.7. The number of halogens is 22. The van der Waals surface area contributed by atoms with Gasteiger partial charge < -0.3 is 18.9 Å². The van der Waals surface area contributed by atoms with Gasteiger partial charge in [0.15, 0.2) is 46.5 Å². The SMILES string of the molecule is O=S(=O)(O)c1ccc2c(Oc3c(F)c(F)c(-c4c(F)c(F)c(Oc5ccc(C(c6ccc(Oc7c(F)c(F)c(-c8c(F)c(F)c(Oc9cccc%10ccccc9%10)c(F)c8F)c(F)c7F)cc6)(C(F)(F)F)C(F)(F)F)cc5)c(F)c4F)c(F)c3F)cc(S(=O)(=O)O)cc2c1. The third kappa shape index (κ3) is 11.1. The molecule has 0 spiro atoms. The van der Waals surface area contributed by atoms with Crippen LogP contribution in [0.4, 0.5) is 96.6 Å². The minimum atomic E-state index is -6.55. The minimum absolute atomic E-state index is 0.0556. The second-order valence-corrected chi connectivity index (χ2v) is 22.1. The largest absolute Gasteiger partial charge is 0.451 e. The number of rotatable bonds is 14. The Morgan fingerprint density at radius 1 is 0.301 bits per heavy atom. The van der Waals surface area contributed by atoms with Gasteiger partial charge in [-0.15, -0.1) is 0 Å². The van der Waals surface area contributed by atoms with Crippen LogP contribution in [0.15, 0.2) is 131 Å². The van der Waals surface area contributed by atoms with Gasteiger partial charge in [-0.1, -0.05) is 60.7 Å². The van der Waals surface area contributed by atoms with E-state index in [0.29, 0.717) is 29.7 Å². The fourth-order valence-corrected chi connectivity index (χ4v) is 10.7. The van der Waals surface area contributed by atoms with Crippen molar-refractivity contribution in [1.82, 2.24) is 0 Å². The molecule has 0 heterocycles. The van der Waals surface area contributed by atoms with Gasteiger partial charge >= 0.3 is 12.4 Å². The van der Waals surface area contributed by atoms with Crippen LogP contribution < -0.4 is 18.9 Å². The van der Waals surface area contributed by atoms with Gasteiger partial charge in [0, 0.05) is 16.8 Å². The van der Waals surface area contributed by atoms with E-state index in [9.17, 15) is 25.9 Å². The van der Waals surface area contributed by atoms with Crippen LogP contribution in [0.2, 0.25) is 0 Å². The van der Waals surface area contributed by atoms with E-state index in [4.69, 9.17) is 14.2 Å². The quantitative estimate of drug-likeness (QED) is 0.0613. The summed E-state index contributed by atoms with van der Waals surface area (Å²) in [6, 6.07) is 12.1. The van der Waals surface area contributed by atoms with Crippen molar-refractivity contribution in [3.8, 4) is 68.2 Å². The smallest absolute Gasteiger partial charge is 0.411 e. The summed E-state index contributed by atoms with van der Waals surface area (Å²) >= 11 is 0. The van der Waals surface area contributed by atoms with E-state index in [1.807, 2.05) is 0 Å². The van der Waals surface area contributed by atoms with E-state index >= 15 is 96.6 Å². The fraction of sp³-hybridized carbons (Fsp3) is 0.0508. The minimum Gasteiger partial charge on any atom is -0.451 e. The summed E-state index contributed by atoms with van der Waals surface area (Å²) < 4.78 is 426. The van der Waals surface area contributed by atoms with Gasteiger partial charge in [0.05, 0.1) is 32.0 Å². The Balaban J connectivity index is 0.940. The molecule has 0 fully saturated rings. The van der Waals surface area contributed by atoms with Crippen LogP contribution in [0, 0.1) is 93.1 Å². The van der Waals surface area contributed by atoms with Crippen LogP contribution in [0.3, 0.4) is 0 Å². The Kier molecular flexibility index (Phi) is 16.6. The third-order valence-electron chi connectivity index (χ3n) is 13.9. The first-order valence-electron chi connectivity index (χ1n) is 24.8. The average Bonchev–Trinajstić information content (AvgIpc) is 0.739. The molecular weight excluding hydrogens is 1350 g/mol. The molecule has 0 aliphatic carbocycles. The zero-order valence-electron chi connectivity index (χ0n) is 44.3. The Hall–Kier alpha value is -9.80. The molecule has 0 unspecified atom stereocenters. The molecule has 0 saturated carbocycles. The van der Waals surface area contributed by atoms with Crippen LogP contribution in [-0.4, -0.2) is 38.3 Å². The third-order valence-corrected chi connectivity index (χ3v) is 15.6. The van der Waals surface area contributed by atoms with Crippen LogP contribution >= 0.6 is 0 Å². The Morgan fingerprint density at radius 3 is 0.968 bits per heavy atom. The molecule has 0 amide bonds. The number of fused-ring (bicyclic) bond motifs is 2. The van der Waals surface area contributed by atoms with Crippen LogP contribution in [0.1, 0.15) is 11.1 Å². The molecular formula is C59H22F22O10S2. The molecule has 10 rings (SSSR count). The monoisotopic (exact) mass is 1370 g/mol. The zero-order valence-corrected chi connectivity index (χ0v) is 46.0. The van der Waals surface area contributed by atoms with E-state index in [-0.39, 0.29) is 60.0 Å². The van der Waals surface area contributed by atoms with Crippen molar-refractivity contribution in [1.29, 1.82) is 0 Å². The van der Waals surface area contributed by atoms with Crippen molar-refractivity contribution in [3.63, 3.8) is 0 Å². The first kappa shape index (κ1) is 66.1. The molecule has 0 aliphatic rings. The molecule has 2 N–H and O–H groups in total. The molecule has 0 aromatic heterocycles. The predicted molar refractivity (Wildman–Crippen MR) is 277 cm³/mol. The normalized spacial score (nSPS) is 12.5. The van der Waals surface area contributed by atoms with E-state index < -0.39 is 231 Å². The highest BCUT2D eigenvalue weighted by molar-refractivity contribution is 7.86. The predicted octanol–water partition coefficient (Wildman–Crippen LogP) is 18.6. The molecule has 10 aromatic rings. The molecule has 34 heteroatoms. The van der Waals surface area contributed by atoms with Gasteiger partial charge in [-0.3, -0.25) is 9.11 Å². The molecule has 0 bridgehead atoms. The second kappa shape index (κ2) is 23.4. The molecule has 484 valence electrons. The molecule has 10 aromatic carbocycles. The molecule has 10 nitrogen and oxygen atoms in total. The van der Waals surface area contributed by atoms with Crippen LogP contribution in [0.25, 0.3) is 43.8 Å². The van der Waals surface area contributed by atoms with Crippen molar-refractivity contribution in [2.24, 2.45) is 0 Å². The lowest BCUT2D eigenvalue weighted by Crippen LogP contribution is -2.54. The second-order valence-electron chi connectivity index (χ2n) is 19.3. The van der Waals surface area contributed by atoms with Gasteiger partial charge in [0.1, 0.15) is 23.0 Å². The number of hydrogen-bond donors (Lipinski definition) is 2. The van der Waals surface area contributed by atoms with E-state index in [1.54, 1.807) is 0 Å². The maximum Gasteiger partial charge on any atom is 0.411 e. The zero-order chi connectivity index (χ0) is 68.3. The topological polar surface area (TPSA) is 146 Å². The van der Waals surface area contributed by atoms with Crippen LogP contribution in [-0.2, 0) is 25.7 Å². The lowest BCUT2D eigenvalue weighted by Gasteiger charge is -2.38. The summed E-state index contributed by atoms with van der Waals surface area (Å²) in [6.07, 6.45) is -13.1. The molecule has 93 heavy (non-hydrogen) atoms. The standard InChI is InChI=1S/C59H22F22O10S2/c60-37-33(35-41(64)49(72)55(50(73)42(35)65)90-31-7-3-5-21-4-1-2-6-29(21)31)38(61)46(69)53(45(37)68)88-25-12-8-23(9-13-25)57(58(76,77)78,59(79,80)81)24-10-14-26(15-11-24)89-54-47(70)39(62)34(40(63)48(54)71)36-43(66)51(74)56(52(75)44(36)67)91-32-20-28(93(85,86)87)19-22-18-27(92(82,83)84)16-17-30(22)32/h1-20H,(H,82,83,84)(H,85,86,87). The summed E-state index contributed by atoms with van der Waals surface area (Å²) in [7, 11) is -10.4. The highest BCUT2D eigenvalue weighted by atomic mass is 32.2. The molecule has 0 atom stereocenters. The molecule has 0 aliphatic heterocycles. The Bertz CT molecular complexity index is 4890. The first-order valence-corrected chi connectivity index (χ1v) is 27.7. The molecule has 0 radical (unpaired) electrons. The van der Waals surface area contributed by atoms with Gasteiger partial charge in [-0.25, -0.2) is 35.1 Å². The summed E-state index contributed by atoms with van der Waals surface area (Å²) in [5.41, 5.74) is -19.1. The fourth-order valence-electron chi connectivity index (χ4n) is 9.63. The summed E-state index contributed by atoms with van der Waals surface area (Å²) in [6.45, 7) is 0. The van der Waals surface area contributed by atoms with Gasteiger partial charge in [-0.2, -0.15) is 78.3 Å². The Morgan fingerprint density at radius 2 is 0.613 bits per heavy atom. The van der Waals surface area contributed by atoms with Crippen molar-refractivity contribution in [3.05, 3.63) is 226 Å². The maximum absolute atomic E-state index is 15.7. The number of benzene rings is 10. The number of hydrogen-bond acceptors (Lipinski definition) is 8. The van der Waals surface area contributed by atoms with Gasteiger partial charge in [-0.05, 0) is 76.5 Å². The highest BCUT2D eigenvalue weighted by Gasteiger charge is 2.72. The van der Waals surface area contributed by atoms with Gasteiger partial charge in [0.2, 0.25) is 75.0 Å². The summed E-state index contributed by atoms with van der Waals surface area (Å²) in [4.78, 5) is -2.21. The lowest BCUT2D eigenvalue weighted by atomic mass is 9.73. The average molecular weight is 1370 g/mol. The number of alkyl halides is 6. The van der Waals surface area contributed by atoms with Crippen molar-refractivity contribution >= 4 is 41.8 Å². The van der Waals surface area contributed by atoms with Crippen molar-refractivity contribution in [2.75, 3.05) is 0 Å². The Labute approximate surface area is 503 Å². The van der Waals surface area contributed by atoms with E-state index in [0.717, 1.165) is 6.07 Å². The lowest BCUT2D eigenvalue weighted by molar-refractivity contribution is -0.288.